The number of thiophene rings is 1. The van der Waals surface area contributed by atoms with Gasteiger partial charge in [-0.25, -0.2) is 0 Å². The van der Waals surface area contributed by atoms with Crippen LogP contribution in [0.5, 0.6) is 0 Å². The summed E-state index contributed by atoms with van der Waals surface area (Å²) in [5.74, 6) is -0.274. The fourth-order valence-corrected chi connectivity index (χ4v) is 3.72. The van der Waals surface area contributed by atoms with Crippen molar-refractivity contribution in [2.45, 2.75) is 26.3 Å². The lowest BCUT2D eigenvalue weighted by molar-refractivity contribution is 0.0534. The van der Waals surface area contributed by atoms with Crippen molar-refractivity contribution in [2.75, 3.05) is 18.4 Å². The first-order valence-corrected chi connectivity index (χ1v) is 9.30. The highest BCUT2D eigenvalue weighted by molar-refractivity contribution is 7.08. The average molecular weight is 357 g/mol. The van der Waals surface area contributed by atoms with E-state index in [0.29, 0.717) is 29.9 Å². The van der Waals surface area contributed by atoms with Crippen molar-refractivity contribution in [3.63, 3.8) is 0 Å². The summed E-state index contributed by atoms with van der Waals surface area (Å²) < 4.78 is 0. The predicted molar refractivity (Wildman–Crippen MR) is 101 cm³/mol. The molecule has 1 atom stereocenters. The molecule has 3 rings (SSSR count). The zero-order chi connectivity index (χ0) is 18.0. The maximum atomic E-state index is 13.0. The molecule has 0 bridgehead atoms. The number of nitrogens with zero attached hydrogens (tertiary/aromatic N) is 1. The zero-order valence-corrected chi connectivity index (χ0v) is 15.3. The van der Waals surface area contributed by atoms with Crippen LogP contribution in [-0.2, 0) is 0 Å². The minimum atomic E-state index is -0.206. The highest BCUT2D eigenvalue weighted by Crippen LogP contribution is 2.29. The van der Waals surface area contributed by atoms with Gasteiger partial charge in [0, 0.05) is 24.5 Å². The van der Waals surface area contributed by atoms with Crippen LogP contribution >= 0.6 is 11.3 Å². The highest BCUT2D eigenvalue weighted by atomic mass is 32.1. The molecular formula is C19H23N3O2S. The largest absolute Gasteiger partial charge is 0.338 e. The number of hydrogen-bond donors (Lipinski definition) is 2. The summed E-state index contributed by atoms with van der Waals surface area (Å²) in [5.41, 5.74) is 7.69. The molecule has 1 fully saturated rings. The first-order chi connectivity index (χ1) is 11.9. The lowest BCUT2D eigenvalue weighted by Crippen LogP contribution is -2.54. The standard InChI is InChI=1S/C19H23N3O2S/c1-19(2)12-22(9-7-16(19)20)18(24)14-5-3-4-6-15(14)21-17(23)13-8-10-25-11-13/h3-6,8,10-11,16H,7,9,12,20H2,1-2H3,(H,21,23). The van der Waals surface area contributed by atoms with Crippen LogP contribution in [0.3, 0.4) is 0 Å². The molecule has 2 heterocycles. The van der Waals surface area contributed by atoms with E-state index in [4.69, 9.17) is 5.73 Å². The number of nitrogens with two attached hydrogens (primary N) is 1. The van der Waals surface area contributed by atoms with Crippen LogP contribution in [0.1, 0.15) is 41.0 Å². The van der Waals surface area contributed by atoms with Crippen molar-refractivity contribution < 1.29 is 9.59 Å². The van der Waals surface area contributed by atoms with E-state index in [1.807, 2.05) is 22.4 Å². The van der Waals surface area contributed by atoms with Gasteiger partial charge in [0.2, 0.25) is 0 Å². The lowest BCUT2D eigenvalue weighted by atomic mass is 9.79. The van der Waals surface area contributed by atoms with E-state index in [2.05, 4.69) is 19.2 Å². The fourth-order valence-electron chi connectivity index (χ4n) is 3.08. The van der Waals surface area contributed by atoms with Gasteiger partial charge >= 0.3 is 0 Å². The molecule has 0 radical (unpaired) electrons. The number of anilines is 1. The summed E-state index contributed by atoms with van der Waals surface area (Å²) in [6, 6.07) is 9.00. The minimum absolute atomic E-state index is 0.0683. The molecule has 1 saturated heterocycles. The van der Waals surface area contributed by atoms with Gasteiger partial charge in [0.25, 0.3) is 11.8 Å². The number of nitrogens with one attached hydrogen (secondary N) is 1. The van der Waals surface area contributed by atoms with Crippen LogP contribution in [-0.4, -0.2) is 35.8 Å². The molecular weight excluding hydrogens is 334 g/mol. The van der Waals surface area contributed by atoms with Gasteiger partial charge in [-0.2, -0.15) is 11.3 Å². The van der Waals surface area contributed by atoms with E-state index < -0.39 is 0 Å². The molecule has 5 nitrogen and oxygen atoms in total. The fraction of sp³-hybridized carbons (Fsp3) is 0.368. The highest BCUT2D eigenvalue weighted by Gasteiger charge is 2.36. The quantitative estimate of drug-likeness (QED) is 0.886. The number of amides is 2. The Morgan fingerprint density at radius 1 is 1.28 bits per heavy atom. The zero-order valence-electron chi connectivity index (χ0n) is 14.5. The molecule has 0 aliphatic carbocycles. The third-order valence-corrected chi connectivity index (χ3v) is 5.47. The number of carbonyl (C=O) groups is 2. The van der Waals surface area contributed by atoms with Crippen LogP contribution in [0.15, 0.2) is 41.1 Å². The van der Waals surface area contributed by atoms with E-state index >= 15 is 0 Å². The maximum absolute atomic E-state index is 13.0. The Balaban J connectivity index is 1.81. The van der Waals surface area contributed by atoms with Crippen molar-refractivity contribution in [1.82, 2.24) is 4.90 Å². The van der Waals surface area contributed by atoms with Crippen LogP contribution < -0.4 is 11.1 Å². The van der Waals surface area contributed by atoms with Gasteiger partial charge in [0.05, 0.1) is 16.8 Å². The van der Waals surface area contributed by atoms with Gasteiger partial charge < -0.3 is 16.0 Å². The van der Waals surface area contributed by atoms with Gasteiger partial charge in [0.1, 0.15) is 0 Å². The summed E-state index contributed by atoms with van der Waals surface area (Å²) in [6.45, 7) is 5.42. The number of para-hydroxylation sites is 1. The van der Waals surface area contributed by atoms with Crippen LogP contribution in [0.2, 0.25) is 0 Å². The first-order valence-electron chi connectivity index (χ1n) is 8.36. The monoisotopic (exact) mass is 357 g/mol. The number of benzene rings is 1. The van der Waals surface area contributed by atoms with Gasteiger partial charge in [-0.15, -0.1) is 0 Å². The van der Waals surface area contributed by atoms with E-state index in [1.165, 1.54) is 11.3 Å². The Morgan fingerprint density at radius 3 is 2.72 bits per heavy atom. The van der Waals surface area contributed by atoms with Crippen molar-refractivity contribution >= 4 is 28.8 Å². The Bertz CT molecular complexity index is 771. The second kappa shape index (κ2) is 6.98. The summed E-state index contributed by atoms with van der Waals surface area (Å²) in [7, 11) is 0. The maximum Gasteiger partial charge on any atom is 0.256 e. The molecule has 0 spiro atoms. The van der Waals surface area contributed by atoms with E-state index in [0.717, 1.165) is 6.42 Å². The van der Waals surface area contributed by atoms with Crippen LogP contribution in [0.25, 0.3) is 0 Å². The molecule has 0 saturated carbocycles. The predicted octanol–water partition coefficient (Wildman–Crippen LogP) is 3.20. The molecule has 3 N–H and O–H groups in total. The smallest absolute Gasteiger partial charge is 0.256 e. The van der Waals surface area contributed by atoms with Gasteiger partial charge in [-0.3, -0.25) is 9.59 Å². The normalized spacial score (nSPS) is 19.5. The van der Waals surface area contributed by atoms with Gasteiger partial charge in [-0.05, 0) is 35.4 Å². The van der Waals surface area contributed by atoms with Gasteiger partial charge in [-0.1, -0.05) is 26.0 Å². The molecule has 1 aliphatic rings. The third kappa shape index (κ3) is 3.75. The van der Waals surface area contributed by atoms with E-state index in [9.17, 15) is 9.59 Å². The van der Waals surface area contributed by atoms with Crippen LogP contribution in [0, 0.1) is 5.41 Å². The number of piperidine rings is 1. The third-order valence-electron chi connectivity index (χ3n) is 4.79. The minimum Gasteiger partial charge on any atom is -0.338 e. The molecule has 2 amide bonds. The van der Waals surface area contributed by atoms with Crippen molar-refractivity contribution in [1.29, 1.82) is 0 Å². The second-order valence-electron chi connectivity index (χ2n) is 7.12. The van der Waals surface area contributed by atoms with Crippen molar-refractivity contribution in [2.24, 2.45) is 11.1 Å². The lowest BCUT2D eigenvalue weighted by Gasteiger charge is -2.42. The van der Waals surface area contributed by atoms with Crippen molar-refractivity contribution in [3.8, 4) is 0 Å². The average Bonchev–Trinajstić information content (AvgIpc) is 3.12. The number of carbonyl (C=O) groups excluding carboxylic acids is 2. The van der Waals surface area contributed by atoms with Crippen LogP contribution in [0.4, 0.5) is 5.69 Å². The molecule has 1 unspecified atom stereocenters. The van der Waals surface area contributed by atoms with Crippen molar-refractivity contribution in [3.05, 3.63) is 52.2 Å². The molecule has 1 aromatic heterocycles. The molecule has 1 aromatic carbocycles. The summed E-state index contributed by atoms with van der Waals surface area (Å²) in [5, 5.41) is 6.50. The number of likely N-dealkylation sites (tertiary alicyclic amines) is 1. The molecule has 1 aliphatic heterocycles. The molecule has 25 heavy (non-hydrogen) atoms. The summed E-state index contributed by atoms with van der Waals surface area (Å²) in [4.78, 5) is 27.2. The Morgan fingerprint density at radius 2 is 2.04 bits per heavy atom. The SMILES string of the molecule is CC1(C)CN(C(=O)c2ccccc2NC(=O)c2ccsc2)CCC1N. The van der Waals surface area contributed by atoms with E-state index in [-0.39, 0.29) is 23.3 Å². The topological polar surface area (TPSA) is 75.4 Å². The number of rotatable bonds is 3. The summed E-state index contributed by atoms with van der Waals surface area (Å²) in [6.07, 6.45) is 0.780. The molecule has 2 aromatic rings. The summed E-state index contributed by atoms with van der Waals surface area (Å²) >= 11 is 1.46. The second-order valence-corrected chi connectivity index (χ2v) is 7.90. The molecule has 6 heteroatoms. The van der Waals surface area contributed by atoms with Gasteiger partial charge in [0.15, 0.2) is 0 Å². The Kier molecular flexibility index (Phi) is 4.92. The number of hydrogen-bond acceptors (Lipinski definition) is 4. The Labute approximate surface area is 151 Å². The molecule has 132 valence electrons. The first kappa shape index (κ1) is 17.6. The van der Waals surface area contributed by atoms with E-state index in [1.54, 1.807) is 23.6 Å². The Hall–Kier alpha value is -2.18.